The zero-order chi connectivity index (χ0) is 20.1. The van der Waals surface area contributed by atoms with Crippen molar-refractivity contribution in [2.45, 2.75) is 52.5 Å². The van der Waals surface area contributed by atoms with Crippen LogP contribution in [0, 0.1) is 13.8 Å². The van der Waals surface area contributed by atoms with Crippen molar-refractivity contribution in [2.75, 3.05) is 6.61 Å². The quantitative estimate of drug-likeness (QED) is 0.546. The van der Waals surface area contributed by atoms with Crippen LogP contribution >= 0.6 is 0 Å². The van der Waals surface area contributed by atoms with Gasteiger partial charge in [-0.2, -0.15) is 0 Å². The number of hydrogen-bond acceptors (Lipinski definition) is 3. The summed E-state index contributed by atoms with van der Waals surface area (Å²) < 4.78 is 7.81. The molecular formula is C23H28N2O3. The largest absolute Gasteiger partial charge is 0.485 e. The number of allylic oxidation sites excluding steroid dienone is 2. The zero-order valence-corrected chi connectivity index (χ0v) is 16.7. The minimum absolute atomic E-state index is 0.101. The van der Waals surface area contributed by atoms with E-state index >= 15 is 0 Å². The zero-order valence-electron chi connectivity index (χ0n) is 16.7. The number of hydrogen-bond donors (Lipinski definition) is 1. The summed E-state index contributed by atoms with van der Waals surface area (Å²) in [7, 11) is 0. The number of para-hydroxylation sites is 1. The third kappa shape index (κ3) is 4.53. The molecule has 0 unspecified atom stereocenters. The molecular weight excluding hydrogens is 352 g/mol. The van der Waals surface area contributed by atoms with Crippen LogP contribution in [0.3, 0.4) is 0 Å². The molecule has 148 valence electrons. The highest BCUT2D eigenvalue weighted by atomic mass is 16.5. The van der Waals surface area contributed by atoms with Crippen molar-refractivity contribution in [3.8, 4) is 5.75 Å². The van der Waals surface area contributed by atoms with Crippen LogP contribution in [0.1, 0.15) is 64.2 Å². The van der Waals surface area contributed by atoms with Crippen molar-refractivity contribution in [2.24, 2.45) is 5.73 Å². The number of aryl methyl sites for hydroxylation is 1. The van der Waals surface area contributed by atoms with Gasteiger partial charge in [-0.3, -0.25) is 9.59 Å². The molecule has 1 amide bonds. The molecule has 1 aliphatic rings. The molecule has 0 fully saturated rings. The lowest BCUT2D eigenvalue weighted by Gasteiger charge is -2.15. The Labute approximate surface area is 166 Å². The van der Waals surface area contributed by atoms with E-state index in [1.54, 1.807) is 24.3 Å². The van der Waals surface area contributed by atoms with Gasteiger partial charge in [0.25, 0.3) is 5.91 Å². The van der Waals surface area contributed by atoms with Gasteiger partial charge >= 0.3 is 0 Å². The molecule has 1 aromatic heterocycles. The second kappa shape index (κ2) is 8.91. The number of rotatable bonds is 8. The van der Waals surface area contributed by atoms with Crippen molar-refractivity contribution in [3.05, 3.63) is 64.5 Å². The van der Waals surface area contributed by atoms with E-state index in [4.69, 9.17) is 10.5 Å². The Morgan fingerprint density at radius 2 is 1.93 bits per heavy atom. The number of carbonyl (C=O) groups excluding carboxylic acids is 2. The summed E-state index contributed by atoms with van der Waals surface area (Å²) in [5.74, 6) is -0.338. The molecule has 5 nitrogen and oxygen atoms in total. The summed E-state index contributed by atoms with van der Waals surface area (Å²) in [6.45, 7) is 4.77. The molecule has 3 rings (SSSR count). The van der Waals surface area contributed by atoms with Gasteiger partial charge in [0, 0.05) is 23.5 Å². The minimum Gasteiger partial charge on any atom is -0.485 e. The highest BCUT2D eigenvalue weighted by molar-refractivity contribution is 5.99. The molecule has 2 aromatic rings. The van der Waals surface area contributed by atoms with Crippen molar-refractivity contribution in [1.29, 1.82) is 0 Å². The van der Waals surface area contributed by atoms with Crippen molar-refractivity contribution >= 4 is 11.7 Å². The fraction of sp³-hybridized carbons (Fsp3) is 0.391. The number of carbonyl (C=O) groups is 2. The van der Waals surface area contributed by atoms with Crippen LogP contribution in [0.15, 0.2) is 42.0 Å². The van der Waals surface area contributed by atoms with E-state index in [9.17, 15) is 9.59 Å². The monoisotopic (exact) mass is 380 g/mol. The Balaban J connectivity index is 1.67. The summed E-state index contributed by atoms with van der Waals surface area (Å²) in [6.07, 6.45) is 8.36. The van der Waals surface area contributed by atoms with Gasteiger partial charge in [0.2, 0.25) is 5.78 Å². The molecule has 2 N–H and O–H groups in total. The van der Waals surface area contributed by atoms with E-state index in [0.29, 0.717) is 11.3 Å². The summed E-state index contributed by atoms with van der Waals surface area (Å²) in [5, 5.41) is 0. The number of Topliss-reactive ketones (excluding diaryl/α,β-unsaturated/α-hetero) is 1. The molecule has 0 aliphatic heterocycles. The van der Waals surface area contributed by atoms with E-state index in [0.717, 1.165) is 24.4 Å². The van der Waals surface area contributed by atoms with Gasteiger partial charge < -0.3 is 15.0 Å². The summed E-state index contributed by atoms with van der Waals surface area (Å²) in [5.41, 5.74) is 9.88. The lowest BCUT2D eigenvalue weighted by atomic mass is 9.97. The van der Waals surface area contributed by atoms with E-state index in [2.05, 4.69) is 10.6 Å². The summed E-state index contributed by atoms with van der Waals surface area (Å²) in [6, 6.07) is 8.63. The predicted molar refractivity (Wildman–Crippen MR) is 110 cm³/mol. The number of ether oxygens (including phenoxy) is 1. The molecule has 0 saturated heterocycles. The molecule has 1 aliphatic carbocycles. The first-order valence-corrected chi connectivity index (χ1v) is 9.87. The fourth-order valence-electron chi connectivity index (χ4n) is 3.83. The van der Waals surface area contributed by atoms with Gasteiger partial charge in [0.1, 0.15) is 5.75 Å². The minimum atomic E-state index is -0.571. The fourth-order valence-corrected chi connectivity index (χ4v) is 3.83. The molecule has 1 heterocycles. The average Bonchev–Trinajstić information content (AvgIpc) is 2.99. The van der Waals surface area contributed by atoms with Crippen LogP contribution in [-0.2, 0) is 6.54 Å². The van der Waals surface area contributed by atoms with Crippen molar-refractivity contribution in [3.63, 3.8) is 0 Å². The molecule has 1 aromatic carbocycles. The molecule has 0 saturated carbocycles. The Bertz CT molecular complexity index is 909. The number of nitrogens with zero attached hydrogens (tertiary/aromatic N) is 1. The highest BCUT2D eigenvalue weighted by Crippen LogP contribution is 2.23. The average molecular weight is 380 g/mol. The molecule has 5 heteroatoms. The van der Waals surface area contributed by atoms with Gasteiger partial charge in [0.05, 0.1) is 5.56 Å². The van der Waals surface area contributed by atoms with E-state index < -0.39 is 5.91 Å². The van der Waals surface area contributed by atoms with Gasteiger partial charge in [-0.25, -0.2) is 0 Å². The number of amides is 1. The van der Waals surface area contributed by atoms with Gasteiger partial charge in [-0.15, -0.1) is 0 Å². The lowest BCUT2D eigenvalue weighted by molar-refractivity contribution is 0.0911. The molecule has 0 radical (unpaired) electrons. The second-order valence-corrected chi connectivity index (χ2v) is 7.37. The maximum atomic E-state index is 12.7. The molecule has 0 bridgehead atoms. The Hall–Kier alpha value is -2.82. The normalized spacial score (nSPS) is 13.9. The van der Waals surface area contributed by atoms with Crippen LogP contribution < -0.4 is 10.5 Å². The first-order valence-electron chi connectivity index (χ1n) is 9.87. The van der Waals surface area contributed by atoms with Crippen LogP contribution in [0.25, 0.3) is 0 Å². The third-order valence-corrected chi connectivity index (χ3v) is 5.43. The van der Waals surface area contributed by atoms with E-state index in [1.807, 2.05) is 19.9 Å². The van der Waals surface area contributed by atoms with Crippen LogP contribution in [-0.4, -0.2) is 22.9 Å². The number of aromatic nitrogens is 1. The Morgan fingerprint density at radius 3 is 2.64 bits per heavy atom. The van der Waals surface area contributed by atoms with Crippen molar-refractivity contribution < 1.29 is 14.3 Å². The van der Waals surface area contributed by atoms with E-state index in [1.165, 1.54) is 31.3 Å². The number of primary amides is 1. The Kier molecular flexibility index (Phi) is 6.34. The predicted octanol–water partition coefficient (Wildman–Crippen LogP) is 4.36. The number of benzene rings is 1. The second-order valence-electron chi connectivity index (χ2n) is 7.37. The van der Waals surface area contributed by atoms with Gasteiger partial charge in [-0.1, -0.05) is 23.8 Å². The van der Waals surface area contributed by atoms with Crippen molar-refractivity contribution in [1.82, 2.24) is 4.57 Å². The van der Waals surface area contributed by atoms with Gasteiger partial charge in [-0.05, 0) is 64.2 Å². The Morgan fingerprint density at radius 1 is 1.14 bits per heavy atom. The maximum absolute atomic E-state index is 12.7. The SMILES string of the molecule is Cc1cc(C(=O)COc2ccccc2C(N)=O)c(C)n1CCC1=CCCCC1. The highest BCUT2D eigenvalue weighted by Gasteiger charge is 2.18. The van der Waals surface area contributed by atoms with Gasteiger partial charge in [0.15, 0.2) is 6.61 Å². The third-order valence-electron chi connectivity index (χ3n) is 5.43. The van der Waals surface area contributed by atoms with E-state index in [-0.39, 0.29) is 18.0 Å². The topological polar surface area (TPSA) is 74.3 Å². The first-order chi connectivity index (χ1) is 13.5. The molecule has 0 spiro atoms. The standard InChI is InChI=1S/C23H28N2O3/c1-16-14-20(17(2)25(16)13-12-18-8-4-3-5-9-18)21(26)15-28-22-11-7-6-10-19(22)23(24)27/h6-8,10-11,14H,3-5,9,12-13,15H2,1-2H3,(H2,24,27). The summed E-state index contributed by atoms with van der Waals surface area (Å²) >= 11 is 0. The number of ketones is 1. The maximum Gasteiger partial charge on any atom is 0.252 e. The van der Waals surface area contributed by atoms with Crippen LogP contribution in [0.5, 0.6) is 5.75 Å². The van der Waals surface area contributed by atoms with Crippen LogP contribution in [0.2, 0.25) is 0 Å². The number of nitrogens with two attached hydrogens (primary N) is 1. The smallest absolute Gasteiger partial charge is 0.252 e. The first kappa shape index (κ1) is 19.9. The van der Waals surface area contributed by atoms with Crippen LogP contribution in [0.4, 0.5) is 0 Å². The molecule has 0 atom stereocenters. The lowest BCUT2D eigenvalue weighted by Crippen LogP contribution is -2.17. The molecule has 28 heavy (non-hydrogen) atoms. The summed E-state index contributed by atoms with van der Waals surface area (Å²) in [4.78, 5) is 24.2.